The molecule has 3 nitrogen and oxygen atoms in total. The highest BCUT2D eigenvalue weighted by atomic mass is 35.5. The Morgan fingerprint density at radius 1 is 1.12 bits per heavy atom. The number of nitriles is 1. The van der Waals surface area contributed by atoms with Gasteiger partial charge in [0.1, 0.15) is 0 Å². The molecule has 0 bridgehead atoms. The third-order valence-corrected chi connectivity index (χ3v) is 5.92. The minimum absolute atomic E-state index is 0.117. The number of benzene rings is 2. The molecule has 1 amide bonds. The highest BCUT2D eigenvalue weighted by Gasteiger charge is 2.29. The molecule has 3 rings (SSSR count). The lowest BCUT2D eigenvalue weighted by atomic mass is 9.87. The molecule has 0 radical (unpaired) electrons. The van der Waals surface area contributed by atoms with Crippen LogP contribution in [0.2, 0.25) is 15.1 Å². The van der Waals surface area contributed by atoms with E-state index in [4.69, 9.17) is 34.8 Å². The molecule has 0 unspecified atom stereocenters. The molecular formula is C19H13Cl3N2OS. The Bertz CT molecular complexity index is 919. The van der Waals surface area contributed by atoms with Crippen LogP contribution in [0.15, 0.2) is 53.1 Å². The fourth-order valence-corrected chi connectivity index (χ4v) is 4.46. The van der Waals surface area contributed by atoms with E-state index < -0.39 is 0 Å². The van der Waals surface area contributed by atoms with Gasteiger partial charge >= 0.3 is 0 Å². The van der Waals surface area contributed by atoms with Crippen molar-refractivity contribution in [1.29, 1.82) is 5.26 Å². The lowest BCUT2D eigenvalue weighted by Crippen LogP contribution is -2.30. The molecule has 1 heterocycles. The third-order valence-electron chi connectivity index (χ3n) is 4.02. The third kappa shape index (κ3) is 4.36. The number of halogens is 3. The topological polar surface area (TPSA) is 52.9 Å². The van der Waals surface area contributed by atoms with Crippen molar-refractivity contribution in [2.24, 2.45) is 0 Å². The van der Waals surface area contributed by atoms with Crippen molar-refractivity contribution in [2.75, 3.05) is 0 Å². The Morgan fingerprint density at radius 2 is 1.81 bits per heavy atom. The van der Waals surface area contributed by atoms with Gasteiger partial charge in [-0.3, -0.25) is 4.79 Å². The molecule has 0 aliphatic carbocycles. The highest BCUT2D eigenvalue weighted by Crippen LogP contribution is 2.38. The summed E-state index contributed by atoms with van der Waals surface area (Å²) in [4.78, 5) is 12.2. The molecular weight excluding hydrogens is 411 g/mol. The van der Waals surface area contributed by atoms with Gasteiger partial charge < -0.3 is 5.32 Å². The van der Waals surface area contributed by atoms with Crippen LogP contribution in [0, 0.1) is 11.3 Å². The molecule has 1 N–H and O–H groups in total. The van der Waals surface area contributed by atoms with Gasteiger partial charge in [-0.05, 0) is 35.4 Å². The molecule has 2 aromatic rings. The number of carbonyl (C=O) groups excluding carboxylic acids is 1. The fraction of sp³-hybridized carbons (Fsp3) is 0.158. The van der Waals surface area contributed by atoms with Gasteiger partial charge in [0.2, 0.25) is 5.91 Å². The van der Waals surface area contributed by atoms with Crippen LogP contribution >= 0.6 is 46.6 Å². The Kier molecular flexibility index (Phi) is 6.16. The van der Waals surface area contributed by atoms with Crippen LogP contribution in [0.5, 0.6) is 0 Å². The first-order valence-electron chi connectivity index (χ1n) is 7.74. The fourth-order valence-electron chi connectivity index (χ4n) is 2.70. The van der Waals surface area contributed by atoms with E-state index in [0.29, 0.717) is 31.4 Å². The van der Waals surface area contributed by atoms with Gasteiger partial charge in [-0.25, -0.2) is 0 Å². The summed E-state index contributed by atoms with van der Waals surface area (Å²) in [7, 11) is 0. The molecule has 0 fully saturated rings. The smallest absolute Gasteiger partial charge is 0.225 e. The molecule has 0 saturated carbocycles. The maximum absolute atomic E-state index is 12.2. The average molecular weight is 424 g/mol. The number of thioether (sulfide) groups is 1. The largest absolute Gasteiger partial charge is 0.320 e. The summed E-state index contributed by atoms with van der Waals surface area (Å²) >= 11 is 19.4. The lowest BCUT2D eigenvalue weighted by molar-refractivity contribution is -0.120. The number of hydrogen-bond donors (Lipinski definition) is 1. The van der Waals surface area contributed by atoms with Crippen molar-refractivity contribution < 1.29 is 4.79 Å². The molecule has 0 aromatic heterocycles. The number of amides is 1. The lowest BCUT2D eigenvalue weighted by Gasteiger charge is -2.25. The van der Waals surface area contributed by atoms with Crippen molar-refractivity contribution in [3.05, 3.63) is 79.3 Å². The first kappa shape index (κ1) is 19.1. The highest BCUT2D eigenvalue weighted by molar-refractivity contribution is 8.02. The molecule has 0 saturated heterocycles. The van der Waals surface area contributed by atoms with Gasteiger partial charge in [0.05, 0.1) is 16.7 Å². The van der Waals surface area contributed by atoms with Crippen LogP contribution in [0.25, 0.3) is 0 Å². The minimum atomic E-state index is -0.283. The Morgan fingerprint density at radius 3 is 2.46 bits per heavy atom. The van der Waals surface area contributed by atoms with Crippen LogP contribution < -0.4 is 5.32 Å². The van der Waals surface area contributed by atoms with Crippen LogP contribution in [-0.4, -0.2) is 5.91 Å². The predicted molar refractivity (Wildman–Crippen MR) is 107 cm³/mol. The van der Waals surface area contributed by atoms with Crippen molar-refractivity contribution in [3.63, 3.8) is 0 Å². The number of hydrogen-bond acceptors (Lipinski definition) is 3. The molecule has 0 spiro atoms. The van der Waals surface area contributed by atoms with Gasteiger partial charge in [0.25, 0.3) is 0 Å². The zero-order valence-corrected chi connectivity index (χ0v) is 16.5. The predicted octanol–water partition coefficient (Wildman–Crippen LogP) is 5.92. The van der Waals surface area contributed by atoms with Crippen molar-refractivity contribution in [1.82, 2.24) is 5.32 Å². The van der Waals surface area contributed by atoms with E-state index in [-0.39, 0.29) is 18.2 Å². The maximum Gasteiger partial charge on any atom is 0.225 e. The summed E-state index contributed by atoms with van der Waals surface area (Å²) in [6, 6.07) is 14.8. The summed E-state index contributed by atoms with van der Waals surface area (Å²) in [5.74, 6) is 0.118. The summed E-state index contributed by atoms with van der Waals surface area (Å²) < 4.78 is 0. The number of nitrogens with one attached hydrogen (secondary N) is 1. The summed E-state index contributed by atoms with van der Waals surface area (Å²) in [6.07, 6.45) is 0.232. The van der Waals surface area contributed by atoms with E-state index in [9.17, 15) is 10.1 Å². The quantitative estimate of drug-likeness (QED) is 0.664. The second kappa shape index (κ2) is 8.37. The maximum atomic E-state index is 12.2. The standard InChI is InChI=1S/C19H13Cl3N2OS/c20-13-4-1-11(2-5-13)15-8-18(25)24-19(16(15)9-23)26-10-12-3-6-14(21)7-17(12)22/h1-7,15H,8,10H2,(H,24,25)/t15-/m0/s1. The monoisotopic (exact) mass is 422 g/mol. The second-order valence-electron chi connectivity index (χ2n) is 5.74. The number of rotatable bonds is 4. The average Bonchev–Trinajstić information content (AvgIpc) is 2.61. The van der Waals surface area contributed by atoms with Crippen molar-refractivity contribution in [3.8, 4) is 6.07 Å². The molecule has 132 valence electrons. The molecule has 7 heteroatoms. The van der Waals surface area contributed by atoms with E-state index in [1.807, 2.05) is 18.2 Å². The Balaban J connectivity index is 1.88. The first-order chi connectivity index (χ1) is 12.5. The summed E-state index contributed by atoms with van der Waals surface area (Å²) in [6.45, 7) is 0. The Labute approximate surface area is 170 Å². The normalized spacial score (nSPS) is 17.0. The van der Waals surface area contributed by atoms with Crippen molar-refractivity contribution in [2.45, 2.75) is 18.1 Å². The van der Waals surface area contributed by atoms with E-state index >= 15 is 0 Å². The number of nitrogens with zero attached hydrogens (tertiary/aromatic N) is 1. The van der Waals surface area contributed by atoms with Gasteiger partial charge in [0.15, 0.2) is 0 Å². The SMILES string of the molecule is N#CC1=C(SCc2ccc(Cl)cc2Cl)NC(=O)C[C@H]1c1ccc(Cl)cc1. The first-order valence-corrected chi connectivity index (χ1v) is 9.86. The van der Waals surface area contributed by atoms with E-state index in [0.717, 1.165) is 11.1 Å². The molecule has 1 aliphatic rings. The molecule has 1 atom stereocenters. The second-order valence-corrected chi connectivity index (χ2v) is 8.00. The van der Waals surface area contributed by atoms with E-state index in [1.165, 1.54) is 11.8 Å². The number of carbonyl (C=O) groups is 1. The summed E-state index contributed by atoms with van der Waals surface area (Å²) in [5.41, 5.74) is 2.32. The zero-order chi connectivity index (χ0) is 18.7. The van der Waals surface area contributed by atoms with Crippen molar-refractivity contribution >= 4 is 52.5 Å². The minimum Gasteiger partial charge on any atom is -0.320 e. The van der Waals surface area contributed by atoms with Crippen LogP contribution in [0.4, 0.5) is 0 Å². The molecule has 2 aromatic carbocycles. The van der Waals surface area contributed by atoms with E-state index in [1.54, 1.807) is 24.3 Å². The molecule has 1 aliphatic heterocycles. The summed E-state index contributed by atoms with van der Waals surface area (Å²) in [5, 5.41) is 14.8. The Hall–Kier alpha value is -1.64. The molecule has 26 heavy (non-hydrogen) atoms. The van der Waals surface area contributed by atoms with Crippen LogP contribution in [0.1, 0.15) is 23.5 Å². The number of allylic oxidation sites excluding steroid dienone is 1. The van der Waals surface area contributed by atoms with Gasteiger partial charge in [-0.1, -0.05) is 53.0 Å². The zero-order valence-electron chi connectivity index (χ0n) is 13.4. The van der Waals surface area contributed by atoms with Gasteiger partial charge in [-0.15, -0.1) is 11.8 Å². The van der Waals surface area contributed by atoms with Crippen LogP contribution in [0.3, 0.4) is 0 Å². The van der Waals surface area contributed by atoms with Gasteiger partial charge in [-0.2, -0.15) is 5.26 Å². The van der Waals surface area contributed by atoms with E-state index in [2.05, 4.69) is 11.4 Å². The van der Waals surface area contributed by atoms with Crippen LogP contribution in [-0.2, 0) is 10.5 Å². The van der Waals surface area contributed by atoms with Gasteiger partial charge in [0, 0.05) is 33.2 Å².